The van der Waals surface area contributed by atoms with E-state index < -0.39 is 31.0 Å². The summed E-state index contributed by atoms with van der Waals surface area (Å²) < 4.78 is 81.3. The van der Waals surface area contributed by atoms with Gasteiger partial charge in [-0.2, -0.15) is 26.3 Å². The smallest absolute Gasteiger partial charge is 0.423 e. The van der Waals surface area contributed by atoms with E-state index >= 15 is 0 Å². The van der Waals surface area contributed by atoms with Gasteiger partial charge in [-0.15, -0.1) is 0 Å². The lowest BCUT2D eigenvalue weighted by atomic mass is 10.3. The third-order valence-electron chi connectivity index (χ3n) is 2.00. The Bertz CT molecular complexity index is 453. The molecular formula is C9H8F6N2O3. The minimum absolute atomic E-state index is 0.373. The van der Waals surface area contributed by atoms with Crippen molar-refractivity contribution in [1.82, 2.24) is 5.43 Å². The number of rotatable bonds is 4. The zero-order valence-electron chi connectivity index (χ0n) is 9.51. The molecule has 0 fully saturated rings. The molecule has 1 aromatic rings. The quantitative estimate of drug-likeness (QED) is 0.385. The molecule has 11 heteroatoms. The zero-order valence-corrected chi connectivity index (χ0v) is 9.51. The fourth-order valence-electron chi connectivity index (χ4n) is 1.19. The first-order valence-electron chi connectivity index (χ1n) is 4.90. The van der Waals surface area contributed by atoms with E-state index in [0.29, 0.717) is 0 Å². The van der Waals surface area contributed by atoms with Gasteiger partial charge in [0.05, 0.1) is 0 Å². The molecule has 0 unspecified atom stereocenters. The third kappa shape index (κ3) is 4.13. The highest BCUT2D eigenvalue weighted by Crippen LogP contribution is 2.36. The maximum atomic E-state index is 12.2. The van der Waals surface area contributed by atoms with Gasteiger partial charge in [0.15, 0.2) is 5.76 Å². The Morgan fingerprint density at radius 3 is 2.25 bits per heavy atom. The number of carbonyl (C=O) groups excluding carboxylic acids is 1. The number of nitrogens with one attached hydrogen (secondary N) is 1. The number of nitrogen functional groups attached to an aromatic ring is 1. The number of furan rings is 1. The van der Waals surface area contributed by atoms with E-state index in [1.165, 1.54) is 0 Å². The molecule has 0 aliphatic carbocycles. The largest absolute Gasteiger partial charge is 0.453 e. The number of nitrogens with two attached hydrogens (primary N) is 1. The molecule has 0 atom stereocenters. The summed E-state index contributed by atoms with van der Waals surface area (Å²) in [7, 11) is 0. The van der Waals surface area contributed by atoms with E-state index in [1.807, 2.05) is 0 Å². The molecule has 0 spiro atoms. The van der Waals surface area contributed by atoms with E-state index in [1.54, 1.807) is 5.43 Å². The van der Waals surface area contributed by atoms with Crippen molar-refractivity contribution in [2.45, 2.75) is 25.1 Å². The average Bonchev–Trinajstić information content (AvgIpc) is 2.73. The molecule has 0 aromatic carbocycles. The minimum Gasteiger partial charge on any atom is -0.453 e. The molecule has 1 rings (SSSR count). The van der Waals surface area contributed by atoms with Crippen molar-refractivity contribution >= 4 is 5.91 Å². The van der Waals surface area contributed by atoms with Crippen molar-refractivity contribution in [3.63, 3.8) is 0 Å². The number of ether oxygens (including phenoxy) is 1. The molecule has 0 saturated carbocycles. The summed E-state index contributed by atoms with van der Waals surface area (Å²) >= 11 is 0. The van der Waals surface area contributed by atoms with Crippen LogP contribution in [0.25, 0.3) is 0 Å². The molecule has 0 aliphatic rings. The van der Waals surface area contributed by atoms with E-state index in [0.717, 1.165) is 12.1 Å². The highest BCUT2D eigenvalue weighted by molar-refractivity contribution is 5.90. The summed E-state index contributed by atoms with van der Waals surface area (Å²) in [5.41, 5.74) is 1.67. The molecule has 1 aromatic heterocycles. The standard InChI is InChI=1S/C9H8F6N2O3/c10-8(11,12)7(9(13,14)15)19-3-4-1-2-5(20-4)6(18)17-16/h1-2,7H,3,16H2,(H,17,18). The van der Waals surface area contributed by atoms with Crippen molar-refractivity contribution in [3.05, 3.63) is 23.7 Å². The second kappa shape index (κ2) is 5.71. The van der Waals surface area contributed by atoms with E-state index in [9.17, 15) is 31.1 Å². The number of carbonyl (C=O) groups is 1. The molecule has 0 saturated heterocycles. The molecule has 5 nitrogen and oxygen atoms in total. The maximum Gasteiger partial charge on any atom is 0.423 e. The molecule has 114 valence electrons. The molecule has 0 bridgehead atoms. The Labute approximate surface area is 107 Å². The second-order valence-corrected chi connectivity index (χ2v) is 3.51. The summed E-state index contributed by atoms with van der Waals surface area (Å²) in [6.07, 6.45) is -15.2. The first-order chi connectivity index (χ1) is 9.05. The Balaban J connectivity index is 2.74. The van der Waals surface area contributed by atoms with Crippen LogP contribution in [-0.2, 0) is 11.3 Å². The topological polar surface area (TPSA) is 77.5 Å². The van der Waals surface area contributed by atoms with Crippen LogP contribution in [0.3, 0.4) is 0 Å². The van der Waals surface area contributed by atoms with Gasteiger partial charge < -0.3 is 9.15 Å². The fourth-order valence-corrected chi connectivity index (χ4v) is 1.19. The molecule has 0 radical (unpaired) electrons. The van der Waals surface area contributed by atoms with Crippen LogP contribution in [0.15, 0.2) is 16.5 Å². The summed E-state index contributed by atoms with van der Waals surface area (Å²) in [6.45, 7) is -1.11. The zero-order chi connectivity index (χ0) is 15.6. The van der Waals surface area contributed by atoms with E-state index in [2.05, 4.69) is 9.15 Å². The molecule has 0 aliphatic heterocycles. The van der Waals surface area contributed by atoms with Crippen LogP contribution < -0.4 is 11.3 Å². The van der Waals surface area contributed by atoms with Crippen LogP contribution in [0.5, 0.6) is 0 Å². The average molecular weight is 306 g/mol. The highest BCUT2D eigenvalue weighted by atomic mass is 19.4. The molecule has 3 N–H and O–H groups in total. The minimum atomic E-state index is -5.61. The van der Waals surface area contributed by atoms with Gasteiger partial charge in [-0.25, -0.2) is 5.84 Å². The second-order valence-electron chi connectivity index (χ2n) is 3.51. The van der Waals surface area contributed by atoms with Crippen LogP contribution in [-0.4, -0.2) is 24.4 Å². The molecular weight excluding hydrogens is 298 g/mol. The van der Waals surface area contributed by atoms with Crippen molar-refractivity contribution < 1.29 is 40.3 Å². The maximum absolute atomic E-state index is 12.2. The van der Waals surface area contributed by atoms with Gasteiger partial charge in [-0.05, 0) is 12.1 Å². The Morgan fingerprint density at radius 2 is 1.80 bits per heavy atom. The summed E-state index contributed by atoms with van der Waals surface area (Å²) in [6, 6.07) is 2.02. The lowest BCUT2D eigenvalue weighted by Gasteiger charge is -2.22. The third-order valence-corrected chi connectivity index (χ3v) is 2.00. The fraction of sp³-hybridized carbons (Fsp3) is 0.444. The predicted molar refractivity (Wildman–Crippen MR) is 51.0 cm³/mol. The number of hydrogen-bond donors (Lipinski definition) is 2. The van der Waals surface area contributed by atoms with Crippen LogP contribution in [0.1, 0.15) is 16.3 Å². The van der Waals surface area contributed by atoms with Crippen LogP contribution in [0, 0.1) is 0 Å². The number of halogens is 6. The van der Waals surface area contributed by atoms with Gasteiger partial charge >= 0.3 is 18.3 Å². The molecule has 1 heterocycles. The normalized spacial score (nSPS) is 12.8. The van der Waals surface area contributed by atoms with Crippen molar-refractivity contribution in [3.8, 4) is 0 Å². The van der Waals surface area contributed by atoms with Crippen molar-refractivity contribution in [1.29, 1.82) is 0 Å². The Kier molecular flexibility index (Phi) is 4.65. The first kappa shape index (κ1) is 16.3. The molecule has 1 amide bonds. The monoisotopic (exact) mass is 306 g/mol. The number of hydrazine groups is 1. The first-order valence-corrected chi connectivity index (χ1v) is 4.90. The molecule has 20 heavy (non-hydrogen) atoms. The van der Waals surface area contributed by atoms with Crippen LogP contribution in [0.4, 0.5) is 26.3 Å². The van der Waals surface area contributed by atoms with Crippen molar-refractivity contribution in [2.75, 3.05) is 0 Å². The van der Waals surface area contributed by atoms with Gasteiger partial charge in [-0.3, -0.25) is 10.2 Å². The summed E-state index contributed by atoms with van der Waals surface area (Å²) in [4.78, 5) is 11.0. The summed E-state index contributed by atoms with van der Waals surface area (Å²) in [5.74, 6) is 3.11. The van der Waals surface area contributed by atoms with Gasteiger partial charge in [0.2, 0.25) is 6.10 Å². The van der Waals surface area contributed by atoms with Crippen LogP contribution in [0.2, 0.25) is 0 Å². The predicted octanol–water partition coefficient (Wildman–Crippen LogP) is 1.89. The van der Waals surface area contributed by atoms with Gasteiger partial charge in [0, 0.05) is 0 Å². The number of alkyl halides is 6. The van der Waals surface area contributed by atoms with Crippen LogP contribution >= 0.6 is 0 Å². The van der Waals surface area contributed by atoms with Gasteiger partial charge in [0.1, 0.15) is 12.4 Å². The van der Waals surface area contributed by atoms with Gasteiger partial charge in [0.25, 0.3) is 0 Å². The number of hydrogen-bond acceptors (Lipinski definition) is 4. The Morgan fingerprint density at radius 1 is 1.25 bits per heavy atom. The highest BCUT2D eigenvalue weighted by Gasteiger charge is 2.58. The lowest BCUT2D eigenvalue weighted by molar-refractivity contribution is -0.325. The SMILES string of the molecule is NNC(=O)c1ccc(COC(C(F)(F)F)C(F)(F)F)o1. The van der Waals surface area contributed by atoms with E-state index in [-0.39, 0.29) is 11.5 Å². The van der Waals surface area contributed by atoms with E-state index in [4.69, 9.17) is 5.84 Å². The van der Waals surface area contributed by atoms with Crippen molar-refractivity contribution in [2.24, 2.45) is 5.84 Å². The summed E-state index contributed by atoms with van der Waals surface area (Å²) in [5, 5.41) is 0. The number of amides is 1. The lowest BCUT2D eigenvalue weighted by Crippen LogP contribution is -2.44. The van der Waals surface area contributed by atoms with Gasteiger partial charge in [-0.1, -0.05) is 0 Å². The Hall–Kier alpha value is -1.75.